The molecule has 0 unspecified atom stereocenters. The van der Waals surface area contributed by atoms with Crippen molar-refractivity contribution in [3.8, 4) is 0 Å². The zero-order chi connectivity index (χ0) is 18.7. The number of thiazole rings is 1. The van der Waals surface area contributed by atoms with Crippen molar-refractivity contribution in [2.24, 2.45) is 0 Å². The predicted octanol–water partition coefficient (Wildman–Crippen LogP) is 4.16. The molecule has 0 radical (unpaired) electrons. The summed E-state index contributed by atoms with van der Waals surface area (Å²) in [4.78, 5) is 17.3. The fraction of sp³-hybridized carbons (Fsp3) is 0.0588. The SMILES string of the molecule is Cc1cnc(NC(=O)c2cccc(S(=O)(=O)Nc3ccccc3Cl)c2)s1. The number of hydrogen-bond acceptors (Lipinski definition) is 5. The third-order valence-corrected chi connectivity index (χ3v) is 5.89. The molecule has 1 amide bonds. The molecule has 0 aliphatic rings. The van der Waals surface area contributed by atoms with Crippen LogP contribution in [0.25, 0.3) is 0 Å². The second-order valence-corrected chi connectivity index (χ2v) is 8.67. The number of halogens is 1. The van der Waals surface area contributed by atoms with E-state index >= 15 is 0 Å². The number of sulfonamides is 1. The van der Waals surface area contributed by atoms with Gasteiger partial charge < -0.3 is 0 Å². The lowest BCUT2D eigenvalue weighted by atomic mass is 10.2. The second kappa shape index (κ2) is 7.45. The molecule has 0 spiro atoms. The van der Waals surface area contributed by atoms with E-state index in [0.717, 1.165) is 4.88 Å². The van der Waals surface area contributed by atoms with Gasteiger partial charge in [0.2, 0.25) is 0 Å². The molecule has 0 aliphatic carbocycles. The van der Waals surface area contributed by atoms with Crippen molar-refractivity contribution in [3.63, 3.8) is 0 Å². The molecule has 2 aromatic carbocycles. The Morgan fingerprint density at radius 2 is 1.92 bits per heavy atom. The van der Waals surface area contributed by atoms with Crippen molar-refractivity contribution in [2.75, 3.05) is 10.0 Å². The average Bonchev–Trinajstić information content (AvgIpc) is 3.02. The van der Waals surface area contributed by atoms with Gasteiger partial charge in [-0.1, -0.05) is 29.8 Å². The molecule has 2 N–H and O–H groups in total. The van der Waals surface area contributed by atoms with Gasteiger partial charge in [0.1, 0.15) is 0 Å². The van der Waals surface area contributed by atoms with E-state index in [-0.39, 0.29) is 21.2 Å². The Hall–Kier alpha value is -2.42. The monoisotopic (exact) mass is 407 g/mol. The highest BCUT2D eigenvalue weighted by molar-refractivity contribution is 7.92. The Kier molecular flexibility index (Phi) is 5.26. The maximum absolute atomic E-state index is 12.6. The summed E-state index contributed by atoms with van der Waals surface area (Å²) in [5.74, 6) is -0.436. The first-order chi connectivity index (χ1) is 12.3. The molecule has 1 heterocycles. The Balaban J connectivity index is 1.84. The summed E-state index contributed by atoms with van der Waals surface area (Å²) in [6, 6.07) is 12.3. The van der Waals surface area contributed by atoms with Gasteiger partial charge in [-0.3, -0.25) is 14.8 Å². The first-order valence-electron chi connectivity index (χ1n) is 7.46. The highest BCUT2D eigenvalue weighted by atomic mass is 35.5. The zero-order valence-corrected chi connectivity index (χ0v) is 16.0. The maximum atomic E-state index is 12.6. The second-order valence-electron chi connectivity index (χ2n) is 5.34. The molecule has 9 heteroatoms. The van der Waals surface area contributed by atoms with Crippen LogP contribution in [0.4, 0.5) is 10.8 Å². The molecule has 0 aliphatic heterocycles. The largest absolute Gasteiger partial charge is 0.298 e. The number of anilines is 2. The summed E-state index contributed by atoms with van der Waals surface area (Å²) in [6.07, 6.45) is 1.65. The molecule has 0 saturated heterocycles. The predicted molar refractivity (Wildman–Crippen MR) is 104 cm³/mol. The van der Waals surface area contributed by atoms with Crippen LogP contribution < -0.4 is 10.0 Å². The molecule has 3 aromatic rings. The van der Waals surface area contributed by atoms with Crippen LogP contribution >= 0.6 is 22.9 Å². The molecule has 0 fully saturated rings. The fourth-order valence-electron chi connectivity index (χ4n) is 2.13. The average molecular weight is 408 g/mol. The smallest absolute Gasteiger partial charge is 0.261 e. The molecule has 134 valence electrons. The van der Waals surface area contributed by atoms with Crippen LogP contribution in [-0.2, 0) is 10.0 Å². The third kappa shape index (κ3) is 4.21. The number of carbonyl (C=O) groups excluding carboxylic acids is 1. The highest BCUT2D eigenvalue weighted by Gasteiger charge is 2.18. The Labute approximate surface area is 159 Å². The van der Waals surface area contributed by atoms with E-state index in [9.17, 15) is 13.2 Å². The van der Waals surface area contributed by atoms with E-state index in [1.165, 1.54) is 35.6 Å². The summed E-state index contributed by atoms with van der Waals surface area (Å²) >= 11 is 7.33. The van der Waals surface area contributed by atoms with Gasteiger partial charge in [-0.2, -0.15) is 0 Å². The molecule has 3 rings (SSSR count). The van der Waals surface area contributed by atoms with Crippen LogP contribution in [0, 0.1) is 6.92 Å². The normalized spacial score (nSPS) is 11.2. The van der Waals surface area contributed by atoms with Crippen molar-refractivity contribution >= 4 is 49.7 Å². The first-order valence-corrected chi connectivity index (χ1v) is 10.1. The number of aryl methyl sites for hydroxylation is 1. The topological polar surface area (TPSA) is 88.2 Å². The molecular formula is C17H14ClN3O3S2. The van der Waals surface area contributed by atoms with Gasteiger partial charge >= 0.3 is 0 Å². The maximum Gasteiger partial charge on any atom is 0.261 e. The third-order valence-electron chi connectivity index (χ3n) is 3.37. The lowest BCUT2D eigenvalue weighted by Crippen LogP contribution is -2.16. The Bertz CT molecular complexity index is 1060. The Morgan fingerprint density at radius 3 is 2.62 bits per heavy atom. The number of amides is 1. The van der Waals surface area contributed by atoms with Crippen LogP contribution in [0.15, 0.2) is 59.6 Å². The van der Waals surface area contributed by atoms with E-state index in [2.05, 4.69) is 15.0 Å². The van der Waals surface area contributed by atoms with E-state index in [1.54, 1.807) is 30.5 Å². The van der Waals surface area contributed by atoms with Gasteiger partial charge in [0.15, 0.2) is 5.13 Å². The summed E-state index contributed by atoms with van der Waals surface area (Å²) in [7, 11) is -3.89. The molecule has 0 bridgehead atoms. The first kappa shape index (κ1) is 18.4. The van der Waals surface area contributed by atoms with Crippen LogP contribution in [0.3, 0.4) is 0 Å². The van der Waals surface area contributed by atoms with Crippen LogP contribution in [0.1, 0.15) is 15.2 Å². The van der Waals surface area contributed by atoms with Crippen LogP contribution in [0.2, 0.25) is 5.02 Å². The minimum atomic E-state index is -3.89. The molecule has 26 heavy (non-hydrogen) atoms. The van der Waals surface area contributed by atoms with Crippen molar-refractivity contribution in [1.82, 2.24) is 4.98 Å². The Morgan fingerprint density at radius 1 is 1.15 bits per heavy atom. The van der Waals surface area contributed by atoms with Gasteiger partial charge in [-0.25, -0.2) is 13.4 Å². The number of nitrogens with one attached hydrogen (secondary N) is 2. The quantitative estimate of drug-likeness (QED) is 0.664. The fourth-order valence-corrected chi connectivity index (χ4v) is 4.16. The van der Waals surface area contributed by atoms with Crippen molar-refractivity contribution in [3.05, 3.63) is 70.2 Å². The molecule has 0 atom stereocenters. The van der Waals surface area contributed by atoms with E-state index in [4.69, 9.17) is 11.6 Å². The molecular weight excluding hydrogens is 394 g/mol. The number of nitrogens with zero attached hydrogens (tertiary/aromatic N) is 1. The van der Waals surface area contributed by atoms with Crippen molar-refractivity contribution in [2.45, 2.75) is 11.8 Å². The summed E-state index contributed by atoms with van der Waals surface area (Å²) < 4.78 is 27.6. The lowest BCUT2D eigenvalue weighted by Gasteiger charge is -2.10. The van der Waals surface area contributed by atoms with E-state index in [1.807, 2.05) is 6.92 Å². The van der Waals surface area contributed by atoms with Crippen molar-refractivity contribution in [1.29, 1.82) is 0 Å². The van der Waals surface area contributed by atoms with Crippen LogP contribution in [0.5, 0.6) is 0 Å². The van der Waals surface area contributed by atoms with Gasteiger partial charge in [-0.05, 0) is 37.3 Å². The van der Waals surface area contributed by atoms with Crippen LogP contribution in [-0.4, -0.2) is 19.3 Å². The minimum absolute atomic E-state index is 0.0413. The number of carbonyl (C=O) groups is 1. The standard InChI is InChI=1S/C17H14ClN3O3S2/c1-11-10-19-17(25-11)20-16(22)12-5-4-6-13(9-12)26(23,24)21-15-8-3-2-7-14(15)18/h2-10,21H,1H3,(H,19,20,22). The van der Waals surface area contributed by atoms with E-state index < -0.39 is 15.9 Å². The molecule has 0 saturated carbocycles. The number of rotatable bonds is 5. The number of benzene rings is 2. The van der Waals surface area contributed by atoms with Gasteiger partial charge in [-0.15, -0.1) is 11.3 Å². The zero-order valence-electron chi connectivity index (χ0n) is 13.6. The molecule has 6 nitrogen and oxygen atoms in total. The minimum Gasteiger partial charge on any atom is -0.298 e. The van der Waals surface area contributed by atoms with E-state index in [0.29, 0.717) is 5.13 Å². The van der Waals surface area contributed by atoms with Crippen molar-refractivity contribution < 1.29 is 13.2 Å². The summed E-state index contributed by atoms with van der Waals surface area (Å²) in [6.45, 7) is 1.88. The number of hydrogen-bond donors (Lipinski definition) is 2. The lowest BCUT2D eigenvalue weighted by molar-refractivity contribution is 0.102. The number of aromatic nitrogens is 1. The summed E-state index contributed by atoms with van der Waals surface area (Å²) in [5, 5.41) is 3.38. The van der Waals surface area contributed by atoms with Gasteiger partial charge in [0.05, 0.1) is 15.6 Å². The number of para-hydroxylation sites is 1. The highest BCUT2D eigenvalue weighted by Crippen LogP contribution is 2.24. The van der Waals surface area contributed by atoms with Gasteiger partial charge in [0.25, 0.3) is 15.9 Å². The summed E-state index contributed by atoms with van der Waals surface area (Å²) in [5.41, 5.74) is 0.474. The van der Waals surface area contributed by atoms with Gasteiger partial charge in [0, 0.05) is 16.6 Å². The molecule has 1 aromatic heterocycles.